The van der Waals surface area contributed by atoms with Gasteiger partial charge in [-0.3, -0.25) is 9.59 Å². The molecule has 7 heteroatoms. The molecule has 0 radical (unpaired) electrons. The Morgan fingerprint density at radius 3 is 2.32 bits per heavy atom. The molecule has 0 aliphatic heterocycles. The van der Waals surface area contributed by atoms with Gasteiger partial charge in [0.2, 0.25) is 5.91 Å². The quantitative estimate of drug-likeness (QED) is 0.568. The van der Waals surface area contributed by atoms with Crippen LogP contribution in [0, 0.1) is 0 Å². The van der Waals surface area contributed by atoms with Gasteiger partial charge in [-0.15, -0.1) is 0 Å². The number of hydrogen-bond donors (Lipinski definition) is 4. The predicted octanol–water partition coefficient (Wildman–Crippen LogP) is 1.14. The van der Waals surface area contributed by atoms with Crippen LogP contribution in [-0.2, 0) is 20.8 Å². The van der Waals surface area contributed by atoms with E-state index >= 15 is 0 Å². The molecular weight excluding hydrogens is 324 g/mol. The molecule has 0 saturated heterocycles. The van der Waals surface area contributed by atoms with Crippen molar-refractivity contribution in [1.82, 2.24) is 5.32 Å². The summed E-state index contributed by atoms with van der Waals surface area (Å²) in [7, 11) is 0. The highest BCUT2D eigenvalue weighted by molar-refractivity contribution is 5.85. The van der Waals surface area contributed by atoms with E-state index in [9.17, 15) is 19.5 Å². The Hall–Kier alpha value is -2.93. The van der Waals surface area contributed by atoms with Crippen LogP contribution in [0.1, 0.15) is 18.4 Å². The van der Waals surface area contributed by atoms with Crippen LogP contribution < -0.4 is 11.1 Å². The summed E-state index contributed by atoms with van der Waals surface area (Å²) in [5.74, 6) is -2.88. The summed E-state index contributed by atoms with van der Waals surface area (Å²) in [6.07, 6.45) is -0.0602. The molecule has 0 heterocycles. The van der Waals surface area contributed by atoms with Gasteiger partial charge in [-0.2, -0.15) is 0 Å². The molecule has 5 N–H and O–H groups in total. The van der Waals surface area contributed by atoms with E-state index in [1.807, 2.05) is 42.5 Å². The Bertz CT molecular complexity index is 790. The molecule has 7 nitrogen and oxygen atoms in total. The van der Waals surface area contributed by atoms with E-state index in [4.69, 9.17) is 10.8 Å². The zero-order chi connectivity index (χ0) is 18.4. The molecule has 0 unspecified atom stereocenters. The summed E-state index contributed by atoms with van der Waals surface area (Å²) in [5, 5.41) is 22.5. The second-order valence-electron chi connectivity index (χ2n) is 5.83. The topological polar surface area (TPSA) is 130 Å². The third-order valence-corrected chi connectivity index (χ3v) is 3.89. The molecule has 2 atom stereocenters. The van der Waals surface area contributed by atoms with Crippen LogP contribution in [0.15, 0.2) is 42.5 Å². The molecule has 2 aromatic carbocycles. The monoisotopic (exact) mass is 344 g/mol. The van der Waals surface area contributed by atoms with E-state index in [-0.39, 0.29) is 19.3 Å². The van der Waals surface area contributed by atoms with Gasteiger partial charge in [0, 0.05) is 12.8 Å². The van der Waals surface area contributed by atoms with Gasteiger partial charge in [0.1, 0.15) is 12.1 Å². The first kappa shape index (κ1) is 18.4. The van der Waals surface area contributed by atoms with Crippen molar-refractivity contribution in [2.75, 3.05) is 0 Å². The van der Waals surface area contributed by atoms with Crippen LogP contribution in [0.5, 0.6) is 0 Å². The fourth-order valence-corrected chi connectivity index (χ4v) is 2.48. The van der Waals surface area contributed by atoms with E-state index in [0.29, 0.717) is 0 Å². The number of hydrogen-bond acceptors (Lipinski definition) is 4. The summed E-state index contributed by atoms with van der Waals surface area (Å²) in [6, 6.07) is 11.1. The molecule has 0 aliphatic rings. The average Bonchev–Trinajstić information content (AvgIpc) is 2.58. The summed E-state index contributed by atoms with van der Waals surface area (Å²) in [6.45, 7) is 0. The van der Waals surface area contributed by atoms with Gasteiger partial charge in [-0.05, 0) is 22.8 Å². The van der Waals surface area contributed by atoms with Gasteiger partial charge < -0.3 is 21.3 Å². The van der Waals surface area contributed by atoms with Gasteiger partial charge in [-0.1, -0.05) is 42.5 Å². The molecule has 132 valence electrons. The molecule has 2 rings (SSSR count). The summed E-state index contributed by atoms with van der Waals surface area (Å²) >= 11 is 0. The normalized spacial score (nSPS) is 13.2. The maximum atomic E-state index is 11.9. The molecule has 0 spiro atoms. The van der Waals surface area contributed by atoms with Gasteiger partial charge in [0.15, 0.2) is 0 Å². The van der Waals surface area contributed by atoms with E-state index in [1.165, 1.54) is 0 Å². The van der Waals surface area contributed by atoms with Crippen molar-refractivity contribution in [3.05, 3.63) is 48.0 Å². The molecule has 0 aromatic heterocycles. The molecule has 25 heavy (non-hydrogen) atoms. The van der Waals surface area contributed by atoms with E-state index in [0.717, 1.165) is 16.3 Å². The van der Waals surface area contributed by atoms with Crippen molar-refractivity contribution in [1.29, 1.82) is 0 Å². The van der Waals surface area contributed by atoms with Gasteiger partial charge in [0.05, 0.1) is 0 Å². The number of amides is 1. The minimum atomic E-state index is -1.20. The predicted molar refractivity (Wildman–Crippen MR) is 92.1 cm³/mol. The van der Waals surface area contributed by atoms with Crippen molar-refractivity contribution in [2.24, 2.45) is 5.73 Å². The van der Waals surface area contributed by atoms with Gasteiger partial charge >= 0.3 is 11.9 Å². The van der Waals surface area contributed by atoms with Crippen molar-refractivity contribution < 1.29 is 24.6 Å². The number of benzene rings is 2. The zero-order valence-electron chi connectivity index (χ0n) is 13.5. The molecule has 0 fully saturated rings. The third kappa shape index (κ3) is 5.29. The van der Waals surface area contributed by atoms with Crippen molar-refractivity contribution >= 4 is 28.6 Å². The van der Waals surface area contributed by atoms with Crippen molar-refractivity contribution in [2.45, 2.75) is 31.3 Å². The number of carbonyl (C=O) groups excluding carboxylic acids is 1. The third-order valence-electron chi connectivity index (χ3n) is 3.89. The van der Waals surface area contributed by atoms with E-state index in [1.54, 1.807) is 0 Å². The number of carboxylic acids is 2. The Kier molecular flexibility index (Phi) is 6.08. The summed E-state index contributed by atoms with van der Waals surface area (Å²) in [5.41, 5.74) is 6.12. The van der Waals surface area contributed by atoms with Crippen LogP contribution in [0.25, 0.3) is 10.8 Å². The molecule has 1 amide bonds. The second-order valence-corrected chi connectivity index (χ2v) is 5.83. The standard InChI is InChI=1S/C18H20N2O5/c19-14(17(22)23)7-8-16(21)20-15(18(24)25)10-11-5-6-12-3-1-2-4-13(12)9-11/h1-6,9,14-15H,7-8,10,19H2,(H,20,21)(H,22,23)(H,24,25)/t14-,15-/m0/s1. The first-order valence-corrected chi connectivity index (χ1v) is 7.85. The largest absolute Gasteiger partial charge is 0.480 e. The number of fused-ring (bicyclic) bond motifs is 1. The maximum Gasteiger partial charge on any atom is 0.326 e. The van der Waals surface area contributed by atoms with Crippen LogP contribution in [0.2, 0.25) is 0 Å². The first-order valence-electron chi connectivity index (χ1n) is 7.85. The van der Waals surface area contributed by atoms with Gasteiger partial charge in [0.25, 0.3) is 0 Å². The molecule has 0 bridgehead atoms. The molecule has 2 aromatic rings. The lowest BCUT2D eigenvalue weighted by atomic mass is 10.0. The van der Waals surface area contributed by atoms with Crippen LogP contribution in [-0.4, -0.2) is 40.1 Å². The summed E-state index contributed by atoms with van der Waals surface area (Å²) in [4.78, 5) is 33.9. The second kappa shape index (κ2) is 8.25. The molecular formula is C18H20N2O5. The average molecular weight is 344 g/mol. The van der Waals surface area contributed by atoms with Crippen LogP contribution in [0.3, 0.4) is 0 Å². The fraction of sp³-hybridized carbons (Fsp3) is 0.278. The summed E-state index contributed by atoms with van der Waals surface area (Å²) < 4.78 is 0. The first-order chi connectivity index (χ1) is 11.9. The van der Waals surface area contributed by atoms with Crippen molar-refractivity contribution in [3.8, 4) is 0 Å². The Morgan fingerprint density at radius 2 is 1.68 bits per heavy atom. The highest BCUT2D eigenvalue weighted by Crippen LogP contribution is 2.16. The number of carboxylic acid groups (broad SMARTS) is 2. The number of aliphatic carboxylic acids is 2. The van der Waals surface area contributed by atoms with Crippen LogP contribution in [0.4, 0.5) is 0 Å². The zero-order valence-corrected chi connectivity index (χ0v) is 13.5. The van der Waals surface area contributed by atoms with Crippen LogP contribution >= 0.6 is 0 Å². The molecule has 0 aliphatic carbocycles. The lowest BCUT2D eigenvalue weighted by Gasteiger charge is -2.15. The minimum Gasteiger partial charge on any atom is -0.480 e. The number of rotatable bonds is 8. The minimum absolute atomic E-state index is 0.0521. The maximum absolute atomic E-state index is 11.9. The number of nitrogens with two attached hydrogens (primary N) is 1. The number of carbonyl (C=O) groups is 3. The van der Waals surface area contributed by atoms with Crippen molar-refractivity contribution in [3.63, 3.8) is 0 Å². The van der Waals surface area contributed by atoms with E-state index in [2.05, 4.69) is 5.32 Å². The van der Waals surface area contributed by atoms with Gasteiger partial charge in [-0.25, -0.2) is 4.79 Å². The highest BCUT2D eigenvalue weighted by atomic mass is 16.4. The lowest BCUT2D eigenvalue weighted by molar-refractivity contribution is -0.142. The SMILES string of the molecule is N[C@@H](CCC(=O)N[C@@H](Cc1ccc2ccccc2c1)C(=O)O)C(=O)O. The molecule has 0 saturated carbocycles. The lowest BCUT2D eigenvalue weighted by Crippen LogP contribution is -2.43. The smallest absolute Gasteiger partial charge is 0.326 e. The fourth-order valence-electron chi connectivity index (χ4n) is 2.48. The number of nitrogens with one attached hydrogen (secondary N) is 1. The Labute approximate surface area is 144 Å². The Morgan fingerprint density at radius 1 is 1.00 bits per heavy atom. The van der Waals surface area contributed by atoms with E-state index < -0.39 is 29.9 Å². The highest BCUT2D eigenvalue weighted by Gasteiger charge is 2.21. The Balaban J connectivity index is 2.01.